The number of oxazole rings is 1. The molecule has 1 aromatic carbocycles. The lowest BCUT2D eigenvalue weighted by atomic mass is 10.1. The summed E-state index contributed by atoms with van der Waals surface area (Å²) < 4.78 is 5.49. The van der Waals surface area contributed by atoms with Crippen LogP contribution in [0.4, 0.5) is 6.01 Å². The predicted molar refractivity (Wildman–Crippen MR) is 60.5 cm³/mol. The van der Waals surface area contributed by atoms with E-state index in [0.717, 1.165) is 11.1 Å². The molecule has 0 amide bonds. The number of nitrogens with zero attached hydrogens (tertiary/aromatic N) is 1. The molecule has 0 atom stereocenters. The molecular weight excluding hydrogens is 188 g/mol. The van der Waals surface area contributed by atoms with Crippen molar-refractivity contribution in [3.8, 4) is 12.3 Å². The highest BCUT2D eigenvalue weighted by Gasteiger charge is 2.16. The molecule has 0 aliphatic carbocycles. The summed E-state index contributed by atoms with van der Waals surface area (Å²) in [5.74, 6) is 2.62. The van der Waals surface area contributed by atoms with E-state index in [0.29, 0.717) is 6.01 Å². The fraction of sp³-hybridized carbons (Fsp3) is 0.250. The molecule has 0 saturated carbocycles. The Morgan fingerprint density at radius 1 is 1.40 bits per heavy atom. The van der Waals surface area contributed by atoms with E-state index in [-0.39, 0.29) is 0 Å². The van der Waals surface area contributed by atoms with Crippen molar-refractivity contribution >= 4 is 17.1 Å². The number of anilines is 1. The molecule has 76 valence electrons. The second-order valence-electron chi connectivity index (χ2n) is 3.88. The Morgan fingerprint density at radius 3 is 2.80 bits per heavy atom. The molecule has 0 fully saturated rings. The Labute approximate surface area is 88.5 Å². The Kier molecular flexibility index (Phi) is 2.12. The van der Waals surface area contributed by atoms with Crippen molar-refractivity contribution in [1.82, 2.24) is 4.98 Å². The van der Waals surface area contributed by atoms with Crippen LogP contribution in [0.3, 0.4) is 0 Å². The van der Waals surface area contributed by atoms with Gasteiger partial charge in [0.2, 0.25) is 0 Å². The number of hydrogen-bond donors (Lipinski definition) is 1. The van der Waals surface area contributed by atoms with Crippen molar-refractivity contribution in [2.45, 2.75) is 19.4 Å². The monoisotopic (exact) mass is 200 g/mol. The summed E-state index contributed by atoms with van der Waals surface area (Å²) in [5, 5.41) is 3.04. The van der Waals surface area contributed by atoms with Crippen LogP contribution in [-0.4, -0.2) is 10.5 Å². The van der Waals surface area contributed by atoms with Crippen LogP contribution < -0.4 is 5.32 Å². The van der Waals surface area contributed by atoms with Gasteiger partial charge in [0.25, 0.3) is 6.01 Å². The van der Waals surface area contributed by atoms with E-state index >= 15 is 0 Å². The highest BCUT2D eigenvalue weighted by molar-refractivity contribution is 5.74. The van der Waals surface area contributed by atoms with Crippen LogP contribution in [0.2, 0.25) is 0 Å². The molecule has 0 aliphatic heterocycles. The van der Waals surface area contributed by atoms with Crippen molar-refractivity contribution < 1.29 is 4.42 Å². The summed E-state index contributed by atoms with van der Waals surface area (Å²) in [6.07, 6.45) is 5.37. The van der Waals surface area contributed by atoms with Gasteiger partial charge in [-0.05, 0) is 26.0 Å². The van der Waals surface area contributed by atoms with Gasteiger partial charge in [-0.15, -0.1) is 6.42 Å². The molecule has 2 rings (SSSR count). The summed E-state index contributed by atoms with van der Waals surface area (Å²) in [7, 11) is 0. The van der Waals surface area contributed by atoms with Crippen LogP contribution in [0, 0.1) is 12.3 Å². The Morgan fingerprint density at radius 2 is 2.13 bits per heavy atom. The van der Waals surface area contributed by atoms with Crippen molar-refractivity contribution in [1.29, 1.82) is 0 Å². The highest BCUT2D eigenvalue weighted by atomic mass is 16.4. The van der Waals surface area contributed by atoms with E-state index in [4.69, 9.17) is 10.8 Å². The molecule has 0 bridgehead atoms. The van der Waals surface area contributed by atoms with Crippen LogP contribution in [0.15, 0.2) is 28.7 Å². The maximum Gasteiger partial charge on any atom is 0.296 e. The second-order valence-corrected chi connectivity index (χ2v) is 3.88. The van der Waals surface area contributed by atoms with Gasteiger partial charge in [-0.1, -0.05) is 18.1 Å². The first-order valence-electron chi connectivity index (χ1n) is 4.72. The topological polar surface area (TPSA) is 38.1 Å². The molecule has 0 saturated heterocycles. The molecule has 1 N–H and O–H groups in total. The molecule has 3 heteroatoms. The quantitative estimate of drug-likeness (QED) is 0.757. The van der Waals surface area contributed by atoms with Gasteiger partial charge in [-0.3, -0.25) is 0 Å². The van der Waals surface area contributed by atoms with Crippen molar-refractivity contribution in [3.05, 3.63) is 24.3 Å². The van der Waals surface area contributed by atoms with Crippen LogP contribution in [0.5, 0.6) is 0 Å². The Balaban J connectivity index is 2.35. The van der Waals surface area contributed by atoms with E-state index in [1.807, 2.05) is 38.1 Å². The Hall–Kier alpha value is -1.95. The zero-order valence-electron chi connectivity index (χ0n) is 8.74. The van der Waals surface area contributed by atoms with Gasteiger partial charge in [0.15, 0.2) is 5.58 Å². The number of aromatic nitrogens is 1. The van der Waals surface area contributed by atoms with Gasteiger partial charge in [-0.25, -0.2) is 0 Å². The van der Waals surface area contributed by atoms with Crippen LogP contribution in [0.1, 0.15) is 13.8 Å². The van der Waals surface area contributed by atoms with E-state index in [9.17, 15) is 0 Å². The molecule has 0 unspecified atom stereocenters. The molecule has 0 radical (unpaired) electrons. The smallest absolute Gasteiger partial charge is 0.296 e. The first kappa shape index (κ1) is 9.60. The third-order valence-electron chi connectivity index (χ3n) is 2.07. The lowest BCUT2D eigenvalue weighted by Crippen LogP contribution is -2.28. The Bertz CT molecular complexity index is 487. The zero-order valence-corrected chi connectivity index (χ0v) is 8.74. The number of benzene rings is 1. The molecule has 3 nitrogen and oxygen atoms in total. The summed E-state index contributed by atoms with van der Waals surface area (Å²) in [6.45, 7) is 3.78. The van der Waals surface area contributed by atoms with E-state index < -0.39 is 5.54 Å². The van der Waals surface area contributed by atoms with Crippen molar-refractivity contribution in [3.63, 3.8) is 0 Å². The third-order valence-corrected chi connectivity index (χ3v) is 2.07. The number of fused-ring (bicyclic) bond motifs is 1. The van der Waals surface area contributed by atoms with Gasteiger partial charge in [0.1, 0.15) is 5.52 Å². The normalized spacial score (nSPS) is 11.3. The number of hydrogen-bond acceptors (Lipinski definition) is 3. The lowest BCUT2D eigenvalue weighted by molar-refractivity contribution is 0.587. The molecule has 15 heavy (non-hydrogen) atoms. The van der Waals surface area contributed by atoms with E-state index in [1.54, 1.807) is 0 Å². The first-order chi connectivity index (χ1) is 7.11. The third kappa shape index (κ3) is 1.94. The summed E-state index contributed by atoms with van der Waals surface area (Å²) in [4.78, 5) is 4.27. The first-order valence-corrected chi connectivity index (χ1v) is 4.72. The van der Waals surface area contributed by atoms with Crippen LogP contribution in [-0.2, 0) is 0 Å². The predicted octanol–water partition coefficient (Wildman–Crippen LogP) is 2.65. The summed E-state index contributed by atoms with van der Waals surface area (Å²) in [5.41, 5.74) is 1.13. The van der Waals surface area contributed by atoms with E-state index in [1.165, 1.54) is 0 Å². The summed E-state index contributed by atoms with van der Waals surface area (Å²) >= 11 is 0. The van der Waals surface area contributed by atoms with Gasteiger partial charge in [-0.2, -0.15) is 4.98 Å². The molecule has 1 heterocycles. The zero-order chi connectivity index (χ0) is 10.9. The highest BCUT2D eigenvalue weighted by Crippen LogP contribution is 2.20. The van der Waals surface area contributed by atoms with Crippen molar-refractivity contribution in [2.75, 3.05) is 5.32 Å². The standard InChI is InChI=1S/C12H12N2O/c1-4-12(2,3)14-11-13-9-7-5-6-8-10(9)15-11/h1,5-8H,2-3H3,(H,13,14). The van der Waals surface area contributed by atoms with Crippen LogP contribution >= 0.6 is 0 Å². The maximum absolute atomic E-state index is 5.49. The van der Waals surface area contributed by atoms with Gasteiger partial charge < -0.3 is 9.73 Å². The lowest BCUT2D eigenvalue weighted by Gasteiger charge is -2.17. The van der Waals surface area contributed by atoms with E-state index in [2.05, 4.69) is 16.2 Å². The largest absolute Gasteiger partial charge is 0.424 e. The molecule has 0 aliphatic rings. The minimum absolute atomic E-state index is 0.457. The molecule has 1 aromatic heterocycles. The molecule has 0 spiro atoms. The van der Waals surface area contributed by atoms with Gasteiger partial charge >= 0.3 is 0 Å². The average Bonchev–Trinajstić information content (AvgIpc) is 2.58. The number of rotatable bonds is 2. The fourth-order valence-corrected chi connectivity index (χ4v) is 1.23. The fourth-order valence-electron chi connectivity index (χ4n) is 1.23. The molecular formula is C12H12N2O. The maximum atomic E-state index is 5.49. The molecule has 2 aromatic rings. The number of nitrogens with one attached hydrogen (secondary N) is 1. The minimum Gasteiger partial charge on any atom is -0.424 e. The summed E-state index contributed by atoms with van der Waals surface area (Å²) in [6, 6.07) is 8.05. The van der Waals surface area contributed by atoms with Crippen molar-refractivity contribution in [2.24, 2.45) is 0 Å². The number of para-hydroxylation sites is 2. The number of terminal acetylenes is 1. The minimum atomic E-state index is -0.457. The van der Waals surface area contributed by atoms with Gasteiger partial charge in [0.05, 0.1) is 5.54 Å². The second kappa shape index (κ2) is 3.32. The SMILES string of the molecule is C#CC(C)(C)Nc1nc2ccccc2o1. The van der Waals surface area contributed by atoms with Gasteiger partial charge in [0, 0.05) is 0 Å². The van der Waals surface area contributed by atoms with Crippen LogP contribution in [0.25, 0.3) is 11.1 Å². The average molecular weight is 200 g/mol.